The number of nitro groups is 1. The summed E-state index contributed by atoms with van der Waals surface area (Å²) in [5.74, 6) is 0.149. The molecule has 7 heteroatoms. The van der Waals surface area contributed by atoms with Crippen molar-refractivity contribution in [3.63, 3.8) is 0 Å². The van der Waals surface area contributed by atoms with Crippen molar-refractivity contribution in [1.82, 2.24) is 5.32 Å². The molecule has 0 saturated heterocycles. The molecule has 1 N–H and O–H groups in total. The van der Waals surface area contributed by atoms with Crippen molar-refractivity contribution in [1.29, 1.82) is 0 Å². The summed E-state index contributed by atoms with van der Waals surface area (Å²) < 4.78 is 5.30. The van der Waals surface area contributed by atoms with Crippen LogP contribution >= 0.6 is 0 Å². The molecule has 0 bridgehead atoms. The molecule has 0 aromatic heterocycles. The number of nitrogens with zero attached hydrogens (tertiary/aromatic N) is 2. The fourth-order valence-electron chi connectivity index (χ4n) is 1.98. The maximum Gasteiger partial charge on any atom is 0.269 e. The van der Waals surface area contributed by atoms with Gasteiger partial charge in [0.1, 0.15) is 5.75 Å². The predicted octanol–water partition coefficient (Wildman–Crippen LogP) is 2.36. The van der Waals surface area contributed by atoms with Crippen molar-refractivity contribution in [3.8, 4) is 5.75 Å². The van der Waals surface area contributed by atoms with Gasteiger partial charge in [0.15, 0.2) is 6.61 Å². The highest BCUT2D eigenvalue weighted by atomic mass is 16.6. The van der Waals surface area contributed by atoms with E-state index in [0.29, 0.717) is 12.3 Å². The normalized spacial score (nSPS) is 10.1. The molecule has 7 nitrogen and oxygen atoms in total. The SMILES string of the molecule is CN(C)c1ccc(CNC(=O)COc2ccc([N+](=O)[O-])cc2)cc1. The number of amides is 1. The van der Waals surface area contributed by atoms with Gasteiger partial charge in [0.2, 0.25) is 0 Å². The molecule has 0 unspecified atom stereocenters. The minimum absolute atomic E-state index is 0.0204. The third-order valence-corrected chi connectivity index (χ3v) is 3.36. The van der Waals surface area contributed by atoms with Crippen LogP contribution in [0.4, 0.5) is 11.4 Å². The predicted molar refractivity (Wildman–Crippen MR) is 91.2 cm³/mol. The molecule has 0 fully saturated rings. The topological polar surface area (TPSA) is 84.7 Å². The number of rotatable bonds is 7. The summed E-state index contributed by atoms with van der Waals surface area (Å²) in [5, 5.41) is 13.3. The Bertz CT molecular complexity index is 697. The molecule has 2 aromatic rings. The lowest BCUT2D eigenvalue weighted by Gasteiger charge is -2.13. The summed E-state index contributed by atoms with van der Waals surface area (Å²) in [4.78, 5) is 23.9. The number of ether oxygens (including phenoxy) is 1. The molecule has 24 heavy (non-hydrogen) atoms. The fraction of sp³-hybridized carbons (Fsp3) is 0.235. The van der Waals surface area contributed by atoms with Crippen LogP contribution in [0, 0.1) is 10.1 Å². The van der Waals surface area contributed by atoms with E-state index in [1.807, 2.05) is 43.3 Å². The fourth-order valence-corrected chi connectivity index (χ4v) is 1.98. The number of nitrogens with one attached hydrogen (secondary N) is 1. The first-order valence-electron chi connectivity index (χ1n) is 7.36. The number of benzene rings is 2. The van der Waals surface area contributed by atoms with Gasteiger partial charge in [-0.2, -0.15) is 0 Å². The van der Waals surface area contributed by atoms with Crippen LogP contribution in [0.15, 0.2) is 48.5 Å². The van der Waals surface area contributed by atoms with Crippen LogP contribution in [-0.2, 0) is 11.3 Å². The average Bonchev–Trinajstić information content (AvgIpc) is 2.58. The number of hydrogen-bond acceptors (Lipinski definition) is 5. The van der Waals surface area contributed by atoms with E-state index in [1.54, 1.807) is 0 Å². The van der Waals surface area contributed by atoms with Crippen LogP contribution < -0.4 is 15.0 Å². The van der Waals surface area contributed by atoms with E-state index in [2.05, 4.69) is 5.32 Å². The van der Waals surface area contributed by atoms with Crippen molar-refractivity contribution in [2.75, 3.05) is 25.6 Å². The number of carbonyl (C=O) groups is 1. The quantitative estimate of drug-likeness (QED) is 0.622. The molecule has 0 heterocycles. The van der Waals surface area contributed by atoms with E-state index in [9.17, 15) is 14.9 Å². The molecular weight excluding hydrogens is 310 g/mol. The van der Waals surface area contributed by atoms with Crippen LogP contribution in [0.1, 0.15) is 5.56 Å². The second-order valence-electron chi connectivity index (χ2n) is 5.38. The largest absolute Gasteiger partial charge is 0.484 e. The van der Waals surface area contributed by atoms with Crippen molar-refractivity contribution in [3.05, 3.63) is 64.2 Å². The number of anilines is 1. The van der Waals surface area contributed by atoms with Crippen LogP contribution in [0.2, 0.25) is 0 Å². The molecule has 0 saturated carbocycles. The zero-order valence-electron chi connectivity index (χ0n) is 13.6. The maximum atomic E-state index is 11.8. The summed E-state index contributed by atoms with van der Waals surface area (Å²) in [5.41, 5.74) is 2.06. The summed E-state index contributed by atoms with van der Waals surface area (Å²) in [6.07, 6.45) is 0. The van der Waals surface area contributed by atoms with Crippen molar-refractivity contribution >= 4 is 17.3 Å². The molecule has 2 aromatic carbocycles. The average molecular weight is 329 g/mol. The van der Waals surface area contributed by atoms with Gasteiger partial charge in [0.05, 0.1) is 4.92 Å². The first kappa shape index (κ1) is 17.3. The molecule has 0 spiro atoms. The van der Waals surface area contributed by atoms with E-state index in [-0.39, 0.29) is 18.2 Å². The lowest BCUT2D eigenvalue weighted by atomic mass is 10.2. The monoisotopic (exact) mass is 329 g/mol. The molecule has 0 radical (unpaired) electrons. The highest BCUT2D eigenvalue weighted by Gasteiger charge is 2.06. The number of hydrogen-bond donors (Lipinski definition) is 1. The second-order valence-corrected chi connectivity index (χ2v) is 5.38. The Morgan fingerprint density at radius 2 is 1.75 bits per heavy atom. The van der Waals surface area contributed by atoms with Gasteiger partial charge in [-0.1, -0.05) is 12.1 Å². The minimum atomic E-state index is -0.488. The van der Waals surface area contributed by atoms with Gasteiger partial charge in [-0.15, -0.1) is 0 Å². The Hall–Kier alpha value is -3.09. The Balaban J connectivity index is 1.77. The Morgan fingerprint density at radius 3 is 2.29 bits per heavy atom. The molecular formula is C17H19N3O4. The summed E-state index contributed by atoms with van der Waals surface area (Å²) >= 11 is 0. The van der Waals surface area contributed by atoms with Crippen molar-refractivity contribution < 1.29 is 14.5 Å². The lowest BCUT2D eigenvalue weighted by molar-refractivity contribution is -0.384. The summed E-state index contributed by atoms with van der Waals surface area (Å²) in [7, 11) is 3.93. The van der Waals surface area contributed by atoms with E-state index < -0.39 is 4.92 Å². The van der Waals surface area contributed by atoms with E-state index >= 15 is 0 Å². The van der Waals surface area contributed by atoms with Gasteiger partial charge in [-0.05, 0) is 29.8 Å². The van der Waals surface area contributed by atoms with Gasteiger partial charge >= 0.3 is 0 Å². The molecule has 2 rings (SSSR count). The third kappa shape index (κ3) is 4.98. The second kappa shape index (κ2) is 7.96. The highest BCUT2D eigenvalue weighted by molar-refractivity contribution is 5.77. The molecule has 0 atom stereocenters. The Labute approximate surface area is 140 Å². The number of non-ortho nitro benzene ring substituents is 1. The highest BCUT2D eigenvalue weighted by Crippen LogP contribution is 2.17. The Morgan fingerprint density at radius 1 is 1.12 bits per heavy atom. The van der Waals surface area contributed by atoms with Crippen LogP contribution in [0.5, 0.6) is 5.75 Å². The molecule has 0 aliphatic rings. The first-order valence-corrected chi connectivity index (χ1v) is 7.36. The van der Waals surface area contributed by atoms with E-state index in [0.717, 1.165) is 11.3 Å². The number of carbonyl (C=O) groups excluding carboxylic acids is 1. The van der Waals surface area contributed by atoms with E-state index in [4.69, 9.17) is 4.74 Å². The van der Waals surface area contributed by atoms with E-state index in [1.165, 1.54) is 24.3 Å². The van der Waals surface area contributed by atoms with Gasteiger partial charge in [0, 0.05) is 38.5 Å². The van der Waals surface area contributed by atoms with Crippen LogP contribution in [0.25, 0.3) is 0 Å². The van der Waals surface area contributed by atoms with Crippen molar-refractivity contribution in [2.45, 2.75) is 6.54 Å². The van der Waals surface area contributed by atoms with Gasteiger partial charge in [0.25, 0.3) is 11.6 Å². The third-order valence-electron chi connectivity index (χ3n) is 3.36. The van der Waals surface area contributed by atoms with Crippen LogP contribution in [0.3, 0.4) is 0 Å². The van der Waals surface area contributed by atoms with Crippen LogP contribution in [-0.4, -0.2) is 31.5 Å². The molecule has 0 aliphatic carbocycles. The van der Waals surface area contributed by atoms with Gasteiger partial charge in [-0.25, -0.2) is 0 Å². The standard InChI is InChI=1S/C17H19N3O4/c1-19(2)14-5-3-13(4-6-14)11-18-17(21)12-24-16-9-7-15(8-10-16)20(22)23/h3-10H,11-12H2,1-2H3,(H,18,21). The maximum absolute atomic E-state index is 11.8. The van der Waals surface area contributed by atoms with Crippen molar-refractivity contribution in [2.24, 2.45) is 0 Å². The summed E-state index contributed by atoms with van der Waals surface area (Å²) in [6.45, 7) is 0.268. The van der Waals surface area contributed by atoms with Gasteiger partial charge in [-0.3, -0.25) is 14.9 Å². The smallest absolute Gasteiger partial charge is 0.269 e. The molecule has 1 amide bonds. The molecule has 0 aliphatic heterocycles. The molecule has 126 valence electrons. The first-order chi connectivity index (χ1) is 11.5. The minimum Gasteiger partial charge on any atom is -0.484 e. The number of nitro benzene ring substituents is 1. The van der Waals surface area contributed by atoms with Gasteiger partial charge < -0.3 is 15.0 Å². The summed E-state index contributed by atoms with van der Waals surface area (Å²) in [6, 6.07) is 13.5. The zero-order valence-corrected chi connectivity index (χ0v) is 13.6. The lowest BCUT2D eigenvalue weighted by Crippen LogP contribution is -2.28. The Kier molecular flexibility index (Phi) is 5.73. The zero-order chi connectivity index (χ0) is 17.5.